The number of piperidine rings is 1. The molecule has 2 aromatic rings. The van der Waals surface area contributed by atoms with Crippen LogP contribution in [0.25, 0.3) is 5.69 Å². The normalized spacial score (nSPS) is 14.7. The zero-order valence-corrected chi connectivity index (χ0v) is 19.8. The number of hydrogen-bond donors (Lipinski definition) is 0. The van der Waals surface area contributed by atoms with Gasteiger partial charge in [-0.05, 0) is 57.4 Å². The molecule has 7 heteroatoms. The molecule has 31 heavy (non-hydrogen) atoms. The third-order valence-electron chi connectivity index (χ3n) is 6.26. The Kier molecular flexibility index (Phi) is 7.76. The average molecular weight is 445 g/mol. The van der Waals surface area contributed by atoms with Gasteiger partial charge < -0.3 is 9.80 Å². The van der Waals surface area contributed by atoms with Gasteiger partial charge in [0.05, 0.1) is 17.8 Å². The second-order valence-electron chi connectivity index (χ2n) is 8.48. The van der Waals surface area contributed by atoms with Gasteiger partial charge >= 0.3 is 0 Å². The first-order valence-corrected chi connectivity index (χ1v) is 11.5. The lowest BCUT2D eigenvalue weighted by atomic mass is 9.94. The molecule has 0 aliphatic carbocycles. The van der Waals surface area contributed by atoms with Crippen molar-refractivity contribution < 1.29 is 9.59 Å². The van der Waals surface area contributed by atoms with Gasteiger partial charge in [-0.25, -0.2) is 4.68 Å². The number of hydrogen-bond acceptors (Lipinski definition) is 3. The first kappa shape index (κ1) is 23.3. The summed E-state index contributed by atoms with van der Waals surface area (Å²) in [5, 5.41) is 5.32. The highest BCUT2D eigenvalue weighted by Gasteiger charge is 2.29. The van der Waals surface area contributed by atoms with E-state index in [0.29, 0.717) is 24.5 Å². The summed E-state index contributed by atoms with van der Waals surface area (Å²) in [5.41, 5.74) is 3.73. The molecule has 3 rings (SSSR count). The van der Waals surface area contributed by atoms with Gasteiger partial charge in [0.15, 0.2) is 0 Å². The second-order valence-corrected chi connectivity index (χ2v) is 8.92. The van der Waals surface area contributed by atoms with Crippen LogP contribution >= 0.6 is 11.6 Å². The van der Waals surface area contributed by atoms with E-state index in [2.05, 4.69) is 12.0 Å². The lowest BCUT2D eigenvalue weighted by molar-refractivity contribution is -0.139. The van der Waals surface area contributed by atoms with Crippen LogP contribution in [0.15, 0.2) is 24.3 Å². The number of rotatable bonds is 7. The molecule has 0 atom stereocenters. The average Bonchev–Trinajstić information content (AvgIpc) is 3.05. The molecule has 0 radical (unpaired) electrons. The molecule has 0 bridgehead atoms. The van der Waals surface area contributed by atoms with Crippen LogP contribution in [-0.4, -0.2) is 58.1 Å². The summed E-state index contributed by atoms with van der Waals surface area (Å²) < 4.78 is 1.87. The van der Waals surface area contributed by atoms with Crippen LogP contribution in [0.4, 0.5) is 0 Å². The Balaban J connectivity index is 1.60. The van der Waals surface area contributed by atoms with Crippen LogP contribution in [0, 0.1) is 19.8 Å². The SMILES string of the molecule is CCCCN(C)C(=O)C1CCN(C(=O)Cc2c(C)nn(-c3ccc(Cl)cc3)c2C)CC1. The largest absolute Gasteiger partial charge is 0.346 e. The van der Waals surface area contributed by atoms with E-state index in [9.17, 15) is 9.59 Å². The summed E-state index contributed by atoms with van der Waals surface area (Å²) in [5.74, 6) is 0.352. The first-order chi connectivity index (χ1) is 14.8. The molecular formula is C24H33ClN4O2. The molecular weight excluding hydrogens is 412 g/mol. The number of carbonyl (C=O) groups excluding carboxylic acids is 2. The van der Waals surface area contributed by atoms with E-state index in [1.165, 1.54) is 0 Å². The molecule has 2 amide bonds. The highest BCUT2D eigenvalue weighted by atomic mass is 35.5. The number of aryl methyl sites for hydroxylation is 1. The number of benzene rings is 1. The van der Waals surface area contributed by atoms with Crippen LogP contribution in [-0.2, 0) is 16.0 Å². The first-order valence-electron chi connectivity index (χ1n) is 11.2. The van der Waals surface area contributed by atoms with Crippen LogP contribution in [0.3, 0.4) is 0 Å². The number of unbranched alkanes of at least 4 members (excludes halogenated alkanes) is 1. The Morgan fingerprint density at radius 3 is 2.42 bits per heavy atom. The van der Waals surface area contributed by atoms with E-state index < -0.39 is 0 Å². The molecule has 0 unspecified atom stereocenters. The van der Waals surface area contributed by atoms with E-state index in [1.54, 1.807) is 0 Å². The number of aromatic nitrogens is 2. The van der Waals surface area contributed by atoms with Crippen molar-refractivity contribution in [3.05, 3.63) is 46.2 Å². The Bertz CT molecular complexity index is 914. The predicted octanol–water partition coefficient (Wildman–Crippen LogP) is 4.18. The van der Waals surface area contributed by atoms with Crippen LogP contribution in [0.1, 0.15) is 49.6 Å². The Morgan fingerprint density at radius 2 is 1.81 bits per heavy atom. The fraction of sp³-hybridized carbons (Fsp3) is 0.542. The van der Waals surface area contributed by atoms with E-state index in [1.807, 2.05) is 59.6 Å². The molecule has 168 valence electrons. The van der Waals surface area contributed by atoms with E-state index in [0.717, 1.165) is 54.9 Å². The minimum Gasteiger partial charge on any atom is -0.346 e. The predicted molar refractivity (Wildman–Crippen MR) is 124 cm³/mol. The van der Waals surface area contributed by atoms with Gasteiger partial charge in [-0.1, -0.05) is 24.9 Å². The van der Waals surface area contributed by atoms with Crippen LogP contribution in [0.2, 0.25) is 5.02 Å². The molecule has 2 heterocycles. The maximum atomic E-state index is 13.0. The van der Waals surface area contributed by atoms with Gasteiger partial charge in [-0.3, -0.25) is 9.59 Å². The fourth-order valence-electron chi connectivity index (χ4n) is 4.22. The summed E-state index contributed by atoms with van der Waals surface area (Å²) in [7, 11) is 1.89. The third-order valence-corrected chi connectivity index (χ3v) is 6.51. The number of nitrogens with zero attached hydrogens (tertiary/aromatic N) is 4. The van der Waals surface area contributed by atoms with Crippen molar-refractivity contribution >= 4 is 23.4 Å². The van der Waals surface area contributed by atoms with Crippen molar-refractivity contribution in [2.75, 3.05) is 26.7 Å². The molecule has 1 aliphatic rings. The standard InChI is InChI=1S/C24H33ClN4O2/c1-5-6-13-27(4)24(31)19-11-14-28(15-12-19)23(30)16-22-17(2)26-29(18(22)3)21-9-7-20(25)8-10-21/h7-10,19H,5-6,11-16H2,1-4H3. The van der Waals surface area contributed by atoms with Crippen molar-refractivity contribution in [1.29, 1.82) is 0 Å². The lowest BCUT2D eigenvalue weighted by Crippen LogP contribution is -2.44. The number of carbonyl (C=O) groups is 2. The van der Waals surface area contributed by atoms with E-state index >= 15 is 0 Å². The van der Waals surface area contributed by atoms with Crippen molar-refractivity contribution in [1.82, 2.24) is 19.6 Å². The van der Waals surface area contributed by atoms with Gasteiger partial charge in [0.2, 0.25) is 11.8 Å². The Morgan fingerprint density at radius 1 is 1.16 bits per heavy atom. The minimum atomic E-state index is 0.0297. The van der Waals surface area contributed by atoms with Gasteiger partial charge in [0.1, 0.15) is 0 Å². The van der Waals surface area contributed by atoms with Gasteiger partial charge in [0, 0.05) is 48.9 Å². The topological polar surface area (TPSA) is 58.4 Å². The molecule has 1 saturated heterocycles. The minimum absolute atomic E-state index is 0.0297. The fourth-order valence-corrected chi connectivity index (χ4v) is 4.35. The van der Waals surface area contributed by atoms with Crippen molar-refractivity contribution in [3.8, 4) is 5.69 Å². The highest BCUT2D eigenvalue weighted by molar-refractivity contribution is 6.30. The second kappa shape index (κ2) is 10.3. The number of likely N-dealkylation sites (tertiary alicyclic amines) is 1. The Hall–Kier alpha value is -2.34. The summed E-state index contributed by atoms with van der Waals surface area (Å²) in [6, 6.07) is 7.52. The van der Waals surface area contributed by atoms with E-state index in [4.69, 9.17) is 11.6 Å². The number of amides is 2. The quantitative estimate of drug-likeness (QED) is 0.643. The molecule has 1 fully saturated rings. The smallest absolute Gasteiger partial charge is 0.227 e. The van der Waals surface area contributed by atoms with Crippen molar-refractivity contribution in [2.45, 2.75) is 52.9 Å². The maximum absolute atomic E-state index is 13.0. The summed E-state index contributed by atoms with van der Waals surface area (Å²) >= 11 is 6.00. The maximum Gasteiger partial charge on any atom is 0.227 e. The van der Waals surface area contributed by atoms with Crippen molar-refractivity contribution in [2.24, 2.45) is 5.92 Å². The molecule has 1 aliphatic heterocycles. The van der Waals surface area contributed by atoms with Crippen LogP contribution in [0.5, 0.6) is 0 Å². The third kappa shape index (κ3) is 5.48. The zero-order valence-electron chi connectivity index (χ0n) is 19.0. The Labute approximate surface area is 190 Å². The molecule has 1 aromatic heterocycles. The summed E-state index contributed by atoms with van der Waals surface area (Å²) in [4.78, 5) is 29.4. The summed E-state index contributed by atoms with van der Waals surface area (Å²) in [6.07, 6.45) is 3.92. The molecule has 1 aromatic carbocycles. The van der Waals surface area contributed by atoms with Gasteiger partial charge in [-0.15, -0.1) is 0 Å². The highest BCUT2D eigenvalue weighted by Crippen LogP contribution is 2.23. The van der Waals surface area contributed by atoms with Gasteiger partial charge in [-0.2, -0.15) is 5.10 Å². The van der Waals surface area contributed by atoms with E-state index in [-0.39, 0.29) is 17.7 Å². The zero-order chi connectivity index (χ0) is 22.5. The summed E-state index contributed by atoms with van der Waals surface area (Å²) in [6.45, 7) is 8.16. The van der Waals surface area contributed by atoms with Gasteiger partial charge in [0.25, 0.3) is 0 Å². The number of halogens is 1. The van der Waals surface area contributed by atoms with Crippen molar-refractivity contribution in [3.63, 3.8) is 0 Å². The monoisotopic (exact) mass is 444 g/mol. The molecule has 0 saturated carbocycles. The lowest BCUT2D eigenvalue weighted by Gasteiger charge is -2.33. The molecule has 0 N–H and O–H groups in total. The molecule has 0 spiro atoms. The molecule has 6 nitrogen and oxygen atoms in total. The van der Waals surface area contributed by atoms with Crippen LogP contribution < -0.4 is 0 Å².